The van der Waals surface area contributed by atoms with Crippen molar-refractivity contribution in [1.29, 1.82) is 5.26 Å². The van der Waals surface area contributed by atoms with Crippen LogP contribution < -0.4 is 16.4 Å². The van der Waals surface area contributed by atoms with Gasteiger partial charge < -0.3 is 25.9 Å². The van der Waals surface area contributed by atoms with Crippen LogP contribution in [0.25, 0.3) is 22.4 Å². The van der Waals surface area contributed by atoms with Crippen LogP contribution in [0.2, 0.25) is 5.02 Å². The highest BCUT2D eigenvalue weighted by molar-refractivity contribution is 6.30. The van der Waals surface area contributed by atoms with E-state index in [-0.39, 0.29) is 47.5 Å². The van der Waals surface area contributed by atoms with Crippen LogP contribution in [0, 0.1) is 18.3 Å². The number of aryl methyl sites for hydroxylation is 1. The van der Waals surface area contributed by atoms with Gasteiger partial charge in [0.05, 0.1) is 12.0 Å². The summed E-state index contributed by atoms with van der Waals surface area (Å²) in [5.74, 6) is -0.905. The van der Waals surface area contributed by atoms with E-state index in [1.54, 1.807) is 55.5 Å². The number of aromatic nitrogens is 1. The first-order chi connectivity index (χ1) is 17.8. The normalized spacial score (nSPS) is 10.5. The highest BCUT2D eigenvalue weighted by Gasteiger charge is 2.21. The van der Waals surface area contributed by atoms with Gasteiger partial charge in [0.25, 0.3) is 5.91 Å². The average Bonchev–Trinajstić information content (AvgIpc) is 3.30. The lowest BCUT2D eigenvalue weighted by atomic mass is 9.97. The van der Waals surface area contributed by atoms with Gasteiger partial charge in [-0.2, -0.15) is 5.26 Å². The fourth-order valence-corrected chi connectivity index (χ4v) is 3.89. The Bertz CT molecular complexity index is 1540. The second kappa shape index (κ2) is 11.0. The highest BCUT2D eigenvalue weighted by Crippen LogP contribution is 2.37. The van der Waals surface area contributed by atoms with Gasteiger partial charge in [-0.25, -0.2) is 4.98 Å². The molecule has 0 unspecified atom stereocenters. The molecule has 0 aliphatic rings. The average molecular weight is 516 g/mol. The molecule has 37 heavy (non-hydrogen) atoms. The SMILES string of the molecule is Cc1ccoc1C(=O)Nc1nc(-c2ccc(Cl)cc2O)cc(-c2cccc(NC(=O)CCN)c2)c1C#N. The summed E-state index contributed by atoms with van der Waals surface area (Å²) >= 11 is 6.00. The Hall–Kier alpha value is -4.65. The van der Waals surface area contributed by atoms with Crippen molar-refractivity contribution in [1.82, 2.24) is 4.98 Å². The van der Waals surface area contributed by atoms with Crippen molar-refractivity contribution < 1.29 is 19.1 Å². The van der Waals surface area contributed by atoms with E-state index in [4.69, 9.17) is 21.8 Å². The molecule has 0 bridgehead atoms. The van der Waals surface area contributed by atoms with Gasteiger partial charge >= 0.3 is 0 Å². The molecule has 0 atom stereocenters. The summed E-state index contributed by atoms with van der Waals surface area (Å²) in [6, 6.07) is 16.8. The fraction of sp³-hybridized carbons (Fsp3) is 0.111. The maximum Gasteiger partial charge on any atom is 0.292 e. The zero-order chi connectivity index (χ0) is 26.5. The molecule has 10 heteroatoms. The third-order valence-corrected chi connectivity index (χ3v) is 5.73. The summed E-state index contributed by atoms with van der Waals surface area (Å²) in [5.41, 5.74) is 8.28. The molecule has 2 aromatic heterocycles. The largest absolute Gasteiger partial charge is 0.507 e. The van der Waals surface area contributed by atoms with Gasteiger partial charge in [-0.3, -0.25) is 9.59 Å². The number of phenols is 1. The molecule has 0 saturated carbocycles. The number of hydrogen-bond acceptors (Lipinski definition) is 7. The summed E-state index contributed by atoms with van der Waals surface area (Å²) in [6.07, 6.45) is 1.55. The van der Waals surface area contributed by atoms with Crippen LogP contribution >= 0.6 is 11.6 Å². The van der Waals surface area contributed by atoms with Crippen LogP contribution in [-0.4, -0.2) is 28.4 Å². The third kappa shape index (κ3) is 5.62. The highest BCUT2D eigenvalue weighted by atomic mass is 35.5. The summed E-state index contributed by atoms with van der Waals surface area (Å²) < 4.78 is 5.28. The molecule has 2 aromatic carbocycles. The summed E-state index contributed by atoms with van der Waals surface area (Å²) in [5, 5.41) is 26.4. The van der Waals surface area contributed by atoms with E-state index in [0.717, 1.165) is 0 Å². The molecule has 0 radical (unpaired) electrons. The number of nitriles is 1. The Morgan fingerprint density at radius 3 is 2.62 bits per heavy atom. The number of halogens is 1. The first kappa shape index (κ1) is 25.4. The molecule has 0 saturated heterocycles. The maximum atomic E-state index is 12.9. The van der Waals surface area contributed by atoms with Crippen molar-refractivity contribution in [2.24, 2.45) is 5.73 Å². The Labute approximate surface area is 217 Å². The van der Waals surface area contributed by atoms with E-state index in [9.17, 15) is 20.0 Å². The number of hydrogen-bond donors (Lipinski definition) is 4. The molecule has 186 valence electrons. The molecule has 0 fully saturated rings. The predicted molar refractivity (Wildman–Crippen MR) is 140 cm³/mol. The van der Waals surface area contributed by atoms with E-state index >= 15 is 0 Å². The maximum absolute atomic E-state index is 12.9. The lowest BCUT2D eigenvalue weighted by Gasteiger charge is -2.15. The van der Waals surface area contributed by atoms with Crippen molar-refractivity contribution in [3.05, 3.63) is 82.8 Å². The number of furan rings is 1. The fourth-order valence-electron chi connectivity index (χ4n) is 3.72. The molecule has 0 aliphatic carbocycles. The first-order valence-corrected chi connectivity index (χ1v) is 11.6. The third-order valence-electron chi connectivity index (χ3n) is 5.50. The van der Waals surface area contributed by atoms with Crippen molar-refractivity contribution >= 4 is 34.9 Å². The zero-order valence-corrected chi connectivity index (χ0v) is 20.5. The van der Waals surface area contributed by atoms with E-state index in [2.05, 4.69) is 21.7 Å². The van der Waals surface area contributed by atoms with Crippen molar-refractivity contribution in [3.63, 3.8) is 0 Å². The van der Waals surface area contributed by atoms with Crippen LogP contribution in [0.15, 0.2) is 65.3 Å². The Kier molecular flexibility index (Phi) is 7.53. The number of pyridine rings is 1. The predicted octanol–water partition coefficient (Wildman–Crippen LogP) is 5.09. The Balaban J connectivity index is 1.87. The molecule has 5 N–H and O–H groups in total. The molecule has 9 nitrogen and oxygen atoms in total. The molecule has 2 heterocycles. The molecular formula is C27H22ClN5O4. The van der Waals surface area contributed by atoms with E-state index in [1.807, 2.05) is 0 Å². The smallest absolute Gasteiger partial charge is 0.292 e. The number of nitrogens with two attached hydrogens (primary N) is 1. The number of nitrogens with zero attached hydrogens (tertiary/aromatic N) is 2. The Morgan fingerprint density at radius 2 is 1.95 bits per heavy atom. The number of phenolic OH excluding ortho intramolecular Hbond substituents is 1. The van der Waals surface area contributed by atoms with Crippen molar-refractivity contribution in [2.75, 3.05) is 17.2 Å². The minimum atomic E-state index is -0.585. The van der Waals surface area contributed by atoms with Gasteiger partial charge in [-0.15, -0.1) is 0 Å². The molecule has 2 amide bonds. The molecule has 4 aromatic rings. The number of aromatic hydroxyl groups is 1. The van der Waals surface area contributed by atoms with E-state index in [1.165, 1.54) is 12.3 Å². The molecule has 4 rings (SSSR count). The number of carbonyl (C=O) groups excluding carboxylic acids is 2. The van der Waals surface area contributed by atoms with E-state index in [0.29, 0.717) is 33.0 Å². The van der Waals surface area contributed by atoms with Gasteiger partial charge in [0.15, 0.2) is 11.6 Å². The number of anilines is 2. The number of rotatable bonds is 7. The van der Waals surface area contributed by atoms with Crippen LogP contribution in [0.3, 0.4) is 0 Å². The molecule has 0 spiro atoms. The Morgan fingerprint density at radius 1 is 1.14 bits per heavy atom. The summed E-state index contributed by atoms with van der Waals surface area (Å²) in [6.45, 7) is 1.93. The number of nitrogens with one attached hydrogen (secondary N) is 2. The van der Waals surface area contributed by atoms with Gasteiger partial charge in [-0.05, 0) is 55.0 Å². The number of amides is 2. The summed E-state index contributed by atoms with van der Waals surface area (Å²) in [7, 11) is 0. The van der Waals surface area contributed by atoms with Gasteiger partial charge in [0, 0.05) is 40.4 Å². The second-order valence-corrected chi connectivity index (χ2v) is 8.54. The lowest BCUT2D eigenvalue weighted by Crippen LogP contribution is -2.16. The number of carbonyl (C=O) groups is 2. The van der Waals surface area contributed by atoms with E-state index < -0.39 is 5.91 Å². The number of benzene rings is 2. The lowest BCUT2D eigenvalue weighted by molar-refractivity contribution is -0.116. The van der Waals surface area contributed by atoms with Crippen LogP contribution in [0.4, 0.5) is 11.5 Å². The summed E-state index contributed by atoms with van der Waals surface area (Å²) in [4.78, 5) is 29.5. The second-order valence-electron chi connectivity index (χ2n) is 8.11. The van der Waals surface area contributed by atoms with Crippen molar-refractivity contribution in [2.45, 2.75) is 13.3 Å². The van der Waals surface area contributed by atoms with Crippen LogP contribution in [-0.2, 0) is 4.79 Å². The van der Waals surface area contributed by atoms with Crippen LogP contribution in [0.5, 0.6) is 5.75 Å². The minimum absolute atomic E-state index is 0.0253. The molecule has 0 aliphatic heterocycles. The quantitative estimate of drug-likeness (QED) is 0.267. The van der Waals surface area contributed by atoms with Gasteiger partial charge in [-0.1, -0.05) is 23.7 Å². The minimum Gasteiger partial charge on any atom is -0.507 e. The first-order valence-electron chi connectivity index (χ1n) is 11.2. The molecular weight excluding hydrogens is 494 g/mol. The van der Waals surface area contributed by atoms with Crippen molar-refractivity contribution in [3.8, 4) is 34.2 Å². The monoisotopic (exact) mass is 515 g/mol. The zero-order valence-electron chi connectivity index (χ0n) is 19.7. The van der Waals surface area contributed by atoms with Gasteiger partial charge in [0.1, 0.15) is 17.4 Å². The topological polar surface area (TPSA) is 154 Å². The standard InChI is InChI=1S/C27H22ClN5O4/c1-15-8-10-37-25(15)27(36)33-26-21(14-30)20(13-22(32-26)19-6-5-17(28)12-23(19)34)16-3-2-4-18(11-16)31-24(35)7-9-29/h2-6,8,10-13,34H,7,9,29H2,1H3,(H,31,35)(H,32,33,36). The van der Waals surface area contributed by atoms with Crippen LogP contribution in [0.1, 0.15) is 28.1 Å². The van der Waals surface area contributed by atoms with Gasteiger partial charge in [0.2, 0.25) is 5.91 Å².